The van der Waals surface area contributed by atoms with Crippen LogP contribution >= 0.6 is 11.9 Å². The molecular formula is C25H30N2O7S. The Morgan fingerprint density at radius 2 is 2.00 bits per heavy atom. The van der Waals surface area contributed by atoms with E-state index in [1.807, 2.05) is 25.1 Å². The minimum absolute atomic E-state index is 0. The fourth-order valence-corrected chi connectivity index (χ4v) is 5.65. The van der Waals surface area contributed by atoms with Crippen LogP contribution in [0.5, 0.6) is 0 Å². The molecule has 10 heteroatoms. The van der Waals surface area contributed by atoms with Crippen molar-refractivity contribution in [3.05, 3.63) is 53.1 Å². The first-order valence-electron chi connectivity index (χ1n) is 10.9. The molecule has 0 radical (unpaired) electrons. The van der Waals surface area contributed by atoms with Crippen molar-refractivity contribution < 1.29 is 34.4 Å². The average molecular weight is 503 g/mol. The van der Waals surface area contributed by atoms with Crippen LogP contribution < -0.4 is 5.32 Å². The summed E-state index contributed by atoms with van der Waals surface area (Å²) in [6, 6.07) is 8.68. The van der Waals surface area contributed by atoms with Gasteiger partial charge in [0.05, 0.1) is 32.3 Å². The van der Waals surface area contributed by atoms with Gasteiger partial charge < -0.3 is 15.5 Å². The van der Waals surface area contributed by atoms with Crippen LogP contribution in [-0.2, 0) is 26.0 Å². The molecule has 4 unspecified atom stereocenters. The maximum absolute atomic E-state index is 13.4. The minimum atomic E-state index is -0.857. The lowest BCUT2D eigenvalue weighted by atomic mass is 9.76. The highest BCUT2D eigenvalue weighted by atomic mass is 32.2. The van der Waals surface area contributed by atoms with Gasteiger partial charge in [-0.15, -0.1) is 0 Å². The van der Waals surface area contributed by atoms with Crippen molar-refractivity contribution >= 4 is 40.5 Å². The van der Waals surface area contributed by atoms with Gasteiger partial charge in [0.1, 0.15) is 0 Å². The molecule has 2 aliphatic heterocycles. The third-order valence-corrected chi connectivity index (χ3v) is 7.42. The predicted octanol–water partition coefficient (Wildman–Crippen LogP) is 2.59. The summed E-state index contributed by atoms with van der Waals surface area (Å²) in [4.78, 5) is 47.5. The Labute approximate surface area is 208 Å². The van der Waals surface area contributed by atoms with Crippen LogP contribution in [0.15, 0.2) is 46.9 Å². The molecule has 3 N–H and O–H groups in total. The van der Waals surface area contributed by atoms with E-state index >= 15 is 0 Å². The highest BCUT2D eigenvalue weighted by Crippen LogP contribution is 2.41. The molecule has 188 valence electrons. The molecule has 2 aromatic carbocycles. The van der Waals surface area contributed by atoms with E-state index in [4.69, 9.17) is 0 Å². The summed E-state index contributed by atoms with van der Waals surface area (Å²) in [6.45, 7) is 3.33. The van der Waals surface area contributed by atoms with Crippen molar-refractivity contribution in [2.45, 2.75) is 44.9 Å². The Morgan fingerprint density at radius 1 is 1.26 bits per heavy atom. The highest BCUT2D eigenvalue weighted by molar-refractivity contribution is 7.98. The van der Waals surface area contributed by atoms with Crippen LogP contribution in [0.3, 0.4) is 0 Å². The summed E-state index contributed by atoms with van der Waals surface area (Å²) in [7, 11) is 1.21. The largest absolute Gasteiger partial charge is 0.393 e. The molecule has 0 aromatic heterocycles. The summed E-state index contributed by atoms with van der Waals surface area (Å²) in [6.07, 6.45) is 0.404. The van der Waals surface area contributed by atoms with Crippen LogP contribution in [0.2, 0.25) is 0 Å². The van der Waals surface area contributed by atoms with Crippen molar-refractivity contribution in [2.75, 3.05) is 13.7 Å². The number of rotatable bonds is 8. The molecule has 35 heavy (non-hydrogen) atoms. The van der Waals surface area contributed by atoms with E-state index in [-0.39, 0.29) is 38.3 Å². The number of β-lactam (4-membered cyclic amide) rings is 1. The quantitative estimate of drug-likeness (QED) is 0.165. The standard InChI is InChI=1S/C24H26N2O7S.CH4/c1-12(22-20(13(2)28)23(30)25-22)15(9-19(29)33-32-3)10-26-24(31)17-6-4-5-16-14(11-27)7-8-18(34-26)21(16)17;/h4-9,12-13,20,22,27-28H,10-11H2,1-3H3,(H,25,30);1H4/b15-9-;. The molecule has 1 fully saturated rings. The summed E-state index contributed by atoms with van der Waals surface area (Å²) in [5.41, 5.74) is 1.79. The Hall–Kier alpha value is -2.92. The van der Waals surface area contributed by atoms with Crippen molar-refractivity contribution in [3.8, 4) is 0 Å². The molecule has 9 nitrogen and oxygen atoms in total. The monoisotopic (exact) mass is 502 g/mol. The van der Waals surface area contributed by atoms with E-state index in [1.54, 1.807) is 23.4 Å². The number of carbonyl (C=O) groups is 3. The lowest BCUT2D eigenvalue weighted by molar-refractivity contribution is -0.249. The molecule has 0 spiro atoms. The van der Waals surface area contributed by atoms with Gasteiger partial charge in [-0.05, 0) is 47.5 Å². The van der Waals surface area contributed by atoms with Crippen LogP contribution in [0.4, 0.5) is 0 Å². The zero-order valence-electron chi connectivity index (χ0n) is 19.0. The normalized spacial score (nSPS) is 21.1. The average Bonchev–Trinajstić information content (AvgIpc) is 2.79. The van der Waals surface area contributed by atoms with E-state index in [1.165, 1.54) is 25.1 Å². The van der Waals surface area contributed by atoms with Gasteiger partial charge in [0, 0.05) is 33.9 Å². The number of hydrogen-bond acceptors (Lipinski definition) is 8. The SMILES string of the molecule is C.COOC(=O)/C=C(/CN1Sc2ccc(CO)c3cccc(c23)C1=O)C(C)C1NC(=O)C1C(C)O. The van der Waals surface area contributed by atoms with Crippen LogP contribution in [-0.4, -0.2) is 58.1 Å². The maximum Gasteiger partial charge on any atom is 0.365 e. The Kier molecular flexibility index (Phi) is 8.22. The molecule has 2 aliphatic rings. The molecule has 2 aromatic rings. The van der Waals surface area contributed by atoms with E-state index in [0.717, 1.165) is 21.2 Å². The van der Waals surface area contributed by atoms with Gasteiger partial charge in [0.2, 0.25) is 5.91 Å². The summed E-state index contributed by atoms with van der Waals surface area (Å²) in [5, 5.41) is 24.1. The van der Waals surface area contributed by atoms with Gasteiger partial charge >= 0.3 is 5.97 Å². The van der Waals surface area contributed by atoms with Gasteiger partial charge in [-0.3, -0.25) is 18.8 Å². The molecule has 1 saturated heterocycles. The molecule has 4 atom stereocenters. The molecule has 2 amide bonds. The zero-order valence-corrected chi connectivity index (χ0v) is 19.8. The predicted molar refractivity (Wildman–Crippen MR) is 131 cm³/mol. The summed E-state index contributed by atoms with van der Waals surface area (Å²) in [5.74, 6) is -2.22. The fourth-order valence-electron chi connectivity index (χ4n) is 4.57. The number of hydrogen-bond donors (Lipinski definition) is 3. The van der Waals surface area contributed by atoms with Crippen molar-refractivity contribution in [1.29, 1.82) is 0 Å². The first-order chi connectivity index (χ1) is 16.3. The minimum Gasteiger partial charge on any atom is -0.393 e. The molecule has 4 rings (SSSR count). The fraction of sp³-hybridized carbons (Fsp3) is 0.400. The number of nitrogens with zero attached hydrogens (tertiary/aromatic N) is 1. The lowest BCUT2D eigenvalue weighted by Crippen LogP contribution is -2.64. The number of amides is 2. The second-order valence-electron chi connectivity index (χ2n) is 8.42. The molecular weight excluding hydrogens is 472 g/mol. The van der Waals surface area contributed by atoms with Crippen LogP contribution in [0, 0.1) is 11.8 Å². The van der Waals surface area contributed by atoms with E-state index in [0.29, 0.717) is 11.1 Å². The lowest BCUT2D eigenvalue weighted by Gasteiger charge is -2.43. The van der Waals surface area contributed by atoms with Crippen molar-refractivity contribution in [2.24, 2.45) is 11.8 Å². The van der Waals surface area contributed by atoms with Crippen LogP contribution in [0.1, 0.15) is 37.2 Å². The Bertz CT molecular complexity index is 1180. The van der Waals surface area contributed by atoms with E-state index in [9.17, 15) is 24.6 Å². The van der Waals surface area contributed by atoms with E-state index < -0.39 is 24.0 Å². The number of carbonyl (C=O) groups excluding carboxylic acids is 3. The van der Waals surface area contributed by atoms with Gasteiger partial charge in [0.15, 0.2) is 0 Å². The Morgan fingerprint density at radius 3 is 2.63 bits per heavy atom. The van der Waals surface area contributed by atoms with Gasteiger partial charge in [-0.25, -0.2) is 4.79 Å². The van der Waals surface area contributed by atoms with Gasteiger partial charge in [0.25, 0.3) is 5.91 Å². The van der Waals surface area contributed by atoms with Crippen molar-refractivity contribution in [1.82, 2.24) is 9.62 Å². The highest BCUT2D eigenvalue weighted by Gasteiger charge is 2.46. The number of aliphatic hydroxyl groups is 2. The van der Waals surface area contributed by atoms with Crippen LogP contribution in [0.25, 0.3) is 10.8 Å². The number of nitrogens with one attached hydrogen (secondary N) is 1. The first kappa shape index (κ1) is 26.7. The molecule has 2 heterocycles. The van der Waals surface area contributed by atoms with Gasteiger partial charge in [-0.2, -0.15) is 4.89 Å². The van der Waals surface area contributed by atoms with E-state index in [2.05, 4.69) is 15.1 Å². The summed E-state index contributed by atoms with van der Waals surface area (Å²) < 4.78 is 1.55. The van der Waals surface area contributed by atoms with Gasteiger partial charge in [-0.1, -0.05) is 32.5 Å². The second kappa shape index (κ2) is 10.8. The summed E-state index contributed by atoms with van der Waals surface area (Å²) >= 11 is 1.25. The third kappa shape index (κ3) is 4.92. The smallest absolute Gasteiger partial charge is 0.365 e. The second-order valence-corrected chi connectivity index (χ2v) is 9.48. The molecule has 0 aliphatic carbocycles. The first-order valence-corrected chi connectivity index (χ1v) is 11.6. The Balaban J connectivity index is 0.00000342. The molecule has 0 bridgehead atoms. The number of benzene rings is 2. The zero-order chi connectivity index (χ0) is 24.6. The topological polar surface area (TPSA) is 125 Å². The maximum atomic E-state index is 13.4. The molecule has 0 saturated carbocycles. The third-order valence-electron chi connectivity index (χ3n) is 6.37. The van der Waals surface area contributed by atoms with Crippen molar-refractivity contribution in [3.63, 3.8) is 0 Å². The number of aliphatic hydroxyl groups excluding tert-OH is 2.